The molecule has 84 valence electrons. The first-order valence-electron chi connectivity index (χ1n) is 4.39. The van der Waals surface area contributed by atoms with Gasteiger partial charge in [-0.05, 0) is 28.9 Å². The Morgan fingerprint density at radius 1 is 1.40 bits per heavy atom. The van der Waals surface area contributed by atoms with E-state index in [2.05, 4.69) is 15.9 Å². The second-order valence-corrected chi connectivity index (χ2v) is 3.61. The highest BCUT2D eigenvalue weighted by molar-refractivity contribution is 9.10. The summed E-state index contributed by atoms with van der Waals surface area (Å²) in [6.45, 7) is 2.17. The van der Waals surface area contributed by atoms with Crippen LogP contribution >= 0.6 is 15.9 Å². The van der Waals surface area contributed by atoms with Crippen molar-refractivity contribution in [3.05, 3.63) is 33.8 Å². The fourth-order valence-corrected chi connectivity index (χ4v) is 1.60. The fourth-order valence-electron chi connectivity index (χ4n) is 1.18. The third kappa shape index (κ3) is 2.96. The van der Waals surface area contributed by atoms with E-state index in [1.165, 1.54) is 13.2 Å². The zero-order chi connectivity index (χ0) is 11.4. The molecule has 0 saturated carbocycles. The lowest BCUT2D eigenvalue weighted by Gasteiger charge is -2.17. The molecule has 0 fully saturated rings. The fraction of sp³-hybridized carbons (Fsp3) is 0.400. The molecule has 5 heteroatoms. The van der Waals surface area contributed by atoms with Crippen LogP contribution in [0.4, 0.5) is 8.78 Å². The van der Waals surface area contributed by atoms with E-state index in [0.29, 0.717) is 12.2 Å². The molecule has 1 unspecified atom stereocenters. The SMILES string of the molecule is CCOC(OC)c1cc(F)cc(F)c1Br. The summed E-state index contributed by atoms with van der Waals surface area (Å²) in [4.78, 5) is 0. The lowest BCUT2D eigenvalue weighted by atomic mass is 10.2. The van der Waals surface area contributed by atoms with E-state index in [9.17, 15) is 8.78 Å². The van der Waals surface area contributed by atoms with Crippen LogP contribution in [-0.2, 0) is 9.47 Å². The molecule has 1 atom stereocenters. The summed E-state index contributed by atoms with van der Waals surface area (Å²) >= 11 is 3.02. The van der Waals surface area contributed by atoms with Gasteiger partial charge in [0.05, 0.1) is 4.47 Å². The highest BCUT2D eigenvalue weighted by Gasteiger charge is 2.18. The molecular weight excluding hydrogens is 270 g/mol. The minimum atomic E-state index is -0.769. The number of ether oxygens (including phenoxy) is 2. The summed E-state index contributed by atoms with van der Waals surface area (Å²) in [6, 6.07) is 1.98. The van der Waals surface area contributed by atoms with Gasteiger partial charge in [0.1, 0.15) is 11.6 Å². The second kappa shape index (κ2) is 5.53. The summed E-state index contributed by atoms with van der Waals surface area (Å²) in [7, 11) is 1.41. The molecule has 2 nitrogen and oxygen atoms in total. The van der Waals surface area contributed by atoms with Crippen molar-refractivity contribution >= 4 is 15.9 Å². The monoisotopic (exact) mass is 280 g/mol. The van der Waals surface area contributed by atoms with E-state index < -0.39 is 17.9 Å². The molecule has 15 heavy (non-hydrogen) atoms. The van der Waals surface area contributed by atoms with Crippen molar-refractivity contribution in [2.24, 2.45) is 0 Å². The maximum absolute atomic E-state index is 13.2. The largest absolute Gasteiger partial charge is 0.352 e. The Balaban J connectivity index is 3.10. The summed E-state index contributed by atoms with van der Waals surface area (Å²) in [6.07, 6.45) is -0.769. The summed E-state index contributed by atoms with van der Waals surface area (Å²) in [5.41, 5.74) is 0.303. The van der Waals surface area contributed by atoms with E-state index in [1.807, 2.05) is 0 Å². The van der Waals surface area contributed by atoms with Crippen molar-refractivity contribution in [3.8, 4) is 0 Å². The van der Waals surface area contributed by atoms with Gasteiger partial charge in [0.2, 0.25) is 0 Å². The molecule has 0 aliphatic rings. The number of halogens is 3. The Hall–Kier alpha value is -0.520. The van der Waals surface area contributed by atoms with Gasteiger partial charge < -0.3 is 9.47 Å². The van der Waals surface area contributed by atoms with Gasteiger partial charge >= 0.3 is 0 Å². The van der Waals surface area contributed by atoms with E-state index in [0.717, 1.165) is 6.07 Å². The molecule has 0 amide bonds. The van der Waals surface area contributed by atoms with Crippen LogP contribution in [0.2, 0.25) is 0 Å². The molecule has 0 radical (unpaired) electrons. The third-order valence-electron chi connectivity index (χ3n) is 1.81. The first-order chi connectivity index (χ1) is 7.10. The first kappa shape index (κ1) is 12.5. The summed E-state index contributed by atoms with van der Waals surface area (Å²) in [5.74, 6) is -1.33. The number of rotatable bonds is 4. The molecule has 0 aromatic heterocycles. The van der Waals surface area contributed by atoms with Crippen LogP contribution in [-0.4, -0.2) is 13.7 Å². The molecule has 1 aromatic carbocycles. The van der Waals surface area contributed by atoms with Crippen molar-refractivity contribution in [2.45, 2.75) is 13.2 Å². The van der Waals surface area contributed by atoms with Gasteiger partial charge in [-0.15, -0.1) is 0 Å². The van der Waals surface area contributed by atoms with Gasteiger partial charge in [-0.3, -0.25) is 0 Å². The Labute approximate surface area is 95.3 Å². The van der Waals surface area contributed by atoms with Gasteiger partial charge in [-0.1, -0.05) is 0 Å². The average Bonchev–Trinajstić information content (AvgIpc) is 2.20. The Morgan fingerprint density at radius 3 is 2.60 bits per heavy atom. The highest BCUT2D eigenvalue weighted by atomic mass is 79.9. The van der Waals surface area contributed by atoms with Crippen molar-refractivity contribution in [2.75, 3.05) is 13.7 Å². The summed E-state index contributed by atoms with van der Waals surface area (Å²) < 4.78 is 36.5. The van der Waals surface area contributed by atoms with Crippen LogP contribution in [0.1, 0.15) is 18.8 Å². The predicted octanol–water partition coefficient (Wildman–Crippen LogP) is 3.41. The Bertz CT molecular complexity index is 344. The molecule has 0 aliphatic carbocycles. The van der Waals surface area contributed by atoms with Crippen LogP contribution in [0.5, 0.6) is 0 Å². The Morgan fingerprint density at radius 2 is 2.07 bits per heavy atom. The average molecular weight is 281 g/mol. The molecule has 1 rings (SSSR count). The van der Waals surface area contributed by atoms with Gasteiger partial charge in [0.15, 0.2) is 6.29 Å². The minimum Gasteiger partial charge on any atom is -0.352 e. The molecule has 0 spiro atoms. The normalized spacial score (nSPS) is 12.9. The standard InChI is InChI=1S/C10H11BrF2O2/c1-3-15-10(14-2)7-4-6(12)5-8(13)9(7)11/h4-5,10H,3H2,1-2H3. The maximum Gasteiger partial charge on any atom is 0.184 e. The van der Waals surface area contributed by atoms with Crippen molar-refractivity contribution < 1.29 is 18.3 Å². The van der Waals surface area contributed by atoms with Crippen molar-refractivity contribution in [1.82, 2.24) is 0 Å². The molecular formula is C10H11BrF2O2. The molecule has 1 aromatic rings. The minimum absolute atomic E-state index is 0.157. The quantitative estimate of drug-likeness (QED) is 0.622. The second-order valence-electron chi connectivity index (χ2n) is 2.81. The summed E-state index contributed by atoms with van der Waals surface area (Å²) in [5, 5.41) is 0. The molecule has 0 N–H and O–H groups in total. The number of hydrogen-bond donors (Lipinski definition) is 0. The van der Waals surface area contributed by atoms with Crippen molar-refractivity contribution in [1.29, 1.82) is 0 Å². The van der Waals surface area contributed by atoms with Crippen LogP contribution in [0.15, 0.2) is 16.6 Å². The number of benzene rings is 1. The predicted molar refractivity (Wildman–Crippen MR) is 55.4 cm³/mol. The zero-order valence-electron chi connectivity index (χ0n) is 8.39. The third-order valence-corrected chi connectivity index (χ3v) is 2.64. The highest BCUT2D eigenvalue weighted by Crippen LogP contribution is 2.29. The van der Waals surface area contributed by atoms with E-state index >= 15 is 0 Å². The van der Waals surface area contributed by atoms with E-state index in [4.69, 9.17) is 9.47 Å². The van der Waals surface area contributed by atoms with Crippen LogP contribution < -0.4 is 0 Å². The lowest BCUT2D eigenvalue weighted by Crippen LogP contribution is -2.08. The zero-order valence-corrected chi connectivity index (χ0v) is 9.98. The molecule has 0 saturated heterocycles. The molecule has 0 bridgehead atoms. The molecule has 0 heterocycles. The van der Waals surface area contributed by atoms with Crippen LogP contribution in [0, 0.1) is 11.6 Å². The van der Waals surface area contributed by atoms with Crippen molar-refractivity contribution in [3.63, 3.8) is 0 Å². The Kier molecular flexibility index (Phi) is 4.63. The maximum atomic E-state index is 13.2. The molecule has 0 aliphatic heterocycles. The van der Waals surface area contributed by atoms with Gasteiger partial charge in [0, 0.05) is 25.3 Å². The first-order valence-corrected chi connectivity index (χ1v) is 5.18. The van der Waals surface area contributed by atoms with Crippen LogP contribution in [0.3, 0.4) is 0 Å². The number of hydrogen-bond acceptors (Lipinski definition) is 2. The topological polar surface area (TPSA) is 18.5 Å². The lowest BCUT2D eigenvalue weighted by molar-refractivity contribution is -0.124. The van der Waals surface area contributed by atoms with Gasteiger partial charge in [0.25, 0.3) is 0 Å². The number of methoxy groups -OCH3 is 1. The van der Waals surface area contributed by atoms with Crippen LogP contribution in [0.25, 0.3) is 0 Å². The smallest absolute Gasteiger partial charge is 0.184 e. The van der Waals surface area contributed by atoms with Gasteiger partial charge in [-0.25, -0.2) is 8.78 Å². The van der Waals surface area contributed by atoms with E-state index in [-0.39, 0.29) is 4.47 Å². The van der Waals surface area contributed by atoms with E-state index in [1.54, 1.807) is 6.92 Å². The van der Waals surface area contributed by atoms with Gasteiger partial charge in [-0.2, -0.15) is 0 Å².